The first-order chi connectivity index (χ1) is 8.49. The third kappa shape index (κ3) is 3.61. The van der Waals surface area contributed by atoms with Crippen LogP contribution in [0.15, 0.2) is 22.7 Å². The van der Waals surface area contributed by atoms with Crippen molar-refractivity contribution in [3.05, 3.63) is 33.3 Å². The Balaban J connectivity index is 0.00000180. The first kappa shape index (κ1) is 16.3. The van der Waals surface area contributed by atoms with E-state index in [1.807, 2.05) is 0 Å². The number of carboxylic acids is 1. The van der Waals surface area contributed by atoms with Gasteiger partial charge in [-0.25, -0.2) is 0 Å². The lowest BCUT2D eigenvalue weighted by molar-refractivity contribution is -0.141. The highest BCUT2D eigenvalue weighted by molar-refractivity contribution is 9.10. The van der Waals surface area contributed by atoms with Crippen molar-refractivity contribution in [2.24, 2.45) is 5.92 Å². The summed E-state index contributed by atoms with van der Waals surface area (Å²) in [5, 5.41) is 9.40. The maximum Gasteiger partial charge on any atom is 0.308 e. The minimum Gasteiger partial charge on any atom is -0.481 e. The molecule has 104 valence electrons. The van der Waals surface area contributed by atoms with Crippen molar-refractivity contribution < 1.29 is 14.7 Å². The molecule has 1 saturated heterocycles. The Morgan fingerprint density at radius 2 is 2.11 bits per heavy atom. The van der Waals surface area contributed by atoms with Gasteiger partial charge in [0.25, 0.3) is 5.91 Å². The van der Waals surface area contributed by atoms with Gasteiger partial charge in [0, 0.05) is 22.6 Å². The fourth-order valence-corrected chi connectivity index (χ4v) is 2.57. The fraction of sp³-hybridized carbons (Fsp3) is 0.333. The second kappa shape index (κ2) is 6.59. The first-order valence-electron chi connectivity index (χ1n) is 5.46. The van der Waals surface area contributed by atoms with Gasteiger partial charge in [-0.3, -0.25) is 9.59 Å². The molecule has 1 aromatic rings. The summed E-state index contributed by atoms with van der Waals surface area (Å²) in [6, 6.07) is 4.98. The molecule has 1 aromatic carbocycles. The zero-order chi connectivity index (χ0) is 13.3. The van der Waals surface area contributed by atoms with E-state index in [2.05, 4.69) is 15.9 Å². The molecule has 1 amide bonds. The minimum atomic E-state index is -0.851. The molecule has 1 unspecified atom stereocenters. The summed E-state index contributed by atoms with van der Waals surface area (Å²) < 4.78 is 0.663. The van der Waals surface area contributed by atoms with Crippen molar-refractivity contribution in [2.45, 2.75) is 6.42 Å². The second-order valence-electron chi connectivity index (χ2n) is 4.20. The van der Waals surface area contributed by atoms with Gasteiger partial charge in [0.2, 0.25) is 0 Å². The molecular weight excluding hydrogens is 357 g/mol. The van der Waals surface area contributed by atoms with Crippen molar-refractivity contribution in [1.82, 2.24) is 4.90 Å². The topological polar surface area (TPSA) is 57.6 Å². The molecule has 0 spiro atoms. The van der Waals surface area contributed by atoms with Crippen LogP contribution in [0.4, 0.5) is 0 Å². The number of hydrogen-bond donors (Lipinski definition) is 1. The molecule has 7 heteroatoms. The minimum absolute atomic E-state index is 0. The van der Waals surface area contributed by atoms with E-state index in [9.17, 15) is 9.59 Å². The number of nitrogens with zero attached hydrogens (tertiary/aromatic N) is 1. The number of carbonyl (C=O) groups excluding carboxylic acids is 1. The zero-order valence-electron chi connectivity index (χ0n) is 9.81. The van der Waals surface area contributed by atoms with Crippen LogP contribution in [-0.2, 0) is 4.79 Å². The van der Waals surface area contributed by atoms with Crippen molar-refractivity contribution in [3.63, 3.8) is 0 Å². The Hall–Kier alpha value is -0.780. The van der Waals surface area contributed by atoms with Crippen LogP contribution in [0.25, 0.3) is 0 Å². The van der Waals surface area contributed by atoms with Gasteiger partial charge in [-0.1, -0.05) is 11.6 Å². The average Bonchev–Trinajstić information content (AvgIpc) is 2.81. The largest absolute Gasteiger partial charge is 0.481 e. The average molecular weight is 369 g/mol. The number of hydrogen-bond acceptors (Lipinski definition) is 2. The van der Waals surface area contributed by atoms with E-state index in [1.54, 1.807) is 23.1 Å². The van der Waals surface area contributed by atoms with Crippen molar-refractivity contribution in [2.75, 3.05) is 13.1 Å². The van der Waals surface area contributed by atoms with Gasteiger partial charge in [-0.2, -0.15) is 0 Å². The highest BCUT2D eigenvalue weighted by atomic mass is 79.9. The maximum atomic E-state index is 12.2. The lowest BCUT2D eigenvalue weighted by Crippen LogP contribution is -2.30. The summed E-state index contributed by atoms with van der Waals surface area (Å²) in [6.07, 6.45) is 0.499. The van der Waals surface area contributed by atoms with Crippen LogP contribution in [0.2, 0.25) is 5.02 Å². The summed E-state index contributed by atoms with van der Waals surface area (Å²) in [4.78, 5) is 24.6. The van der Waals surface area contributed by atoms with Crippen molar-refractivity contribution >= 4 is 51.8 Å². The maximum absolute atomic E-state index is 12.2. The lowest BCUT2D eigenvalue weighted by atomic mass is 10.1. The number of halogens is 3. The summed E-state index contributed by atoms with van der Waals surface area (Å²) >= 11 is 9.16. The van der Waals surface area contributed by atoms with Crippen LogP contribution < -0.4 is 0 Å². The van der Waals surface area contributed by atoms with E-state index in [-0.39, 0.29) is 24.9 Å². The third-order valence-electron chi connectivity index (χ3n) is 2.98. The monoisotopic (exact) mass is 367 g/mol. The van der Waals surface area contributed by atoms with Crippen molar-refractivity contribution in [3.8, 4) is 0 Å². The normalized spacial score (nSPS) is 18.0. The molecule has 0 aliphatic carbocycles. The Morgan fingerprint density at radius 1 is 1.42 bits per heavy atom. The summed E-state index contributed by atoms with van der Waals surface area (Å²) in [6.45, 7) is 0.724. The summed E-state index contributed by atoms with van der Waals surface area (Å²) in [5.74, 6) is -1.50. The molecule has 2 rings (SSSR count). The molecule has 1 aliphatic rings. The van der Waals surface area contributed by atoms with Gasteiger partial charge in [0.05, 0.1) is 11.5 Å². The summed E-state index contributed by atoms with van der Waals surface area (Å²) in [5.41, 5.74) is 0.466. The third-order valence-corrected chi connectivity index (χ3v) is 3.91. The quantitative estimate of drug-likeness (QED) is 0.872. The number of likely N-dealkylation sites (tertiary alicyclic amines) is 1. The molecule has 1 N–H and O–H groups in total. The molecular formula is C12H12BrCl2NO3. The number of carbonyl (C=O) groups is 2. The first-order valence-corrected chi connectivity index (χ1v) is 6.63. The number of carboxylic acid groups (broad SMARTS) is 1. The van der Waals surface area contributed by atoms with E-state index in [4.69, 9.17) is 16.7 Å². The van der Waals surface area contributed by atoms with Gasteiger partial charge in [-0.05, 0) is 40.5 Å². The van der Waals surface area contributed by atoms with Crippen LogP contribution in [0.1, 0.15) is 16.8 Å². The Morgan fingerprint density at radius 3 is 2.68 bits per heavy atom. The van der Waals surface area contributed by atoms with E-state index >= 15 is 0 Å². The Labute approximate surface area is 130 Å². The van der Waals surface area contributed by atoms with E-state index in [0.29, 0.717) is 28.0 Å². The SMILES string of the molecule is Cl.O=C(O)C1CCN(C(=O)c2cc(Cl)ccc2Br)C1. The van der Waals surface area contributed by atoms with Crippen LogP contribution >= 0.6 is 39.9 Å². The van der Waals surface area contributed by atoms with Crippen LogP contribution in [0, 0.1) is 5.92 Å². The molecule has 0 saturated carbocycles. The van der Waals surface area contributed by atoms with Crippen LogP contribution in [0.5, 0.6) is 0 Å². The van der Waals surface area contributed by atoms with E-state index in [1.165, 1.54) is 0 Å². The number of rotatable bonds is 2. The smallest absolute Gasteiger partial charge is 0.308 e. The molecule has 19 heavy (non-hydrogen) atoms. The zero-order valence-corrected chi connectivity index (χ0v) is 13.0. The van der Waals surface area contributed by atoms with Gasteiger partial charge >= 0.3 is 5.97 Å². The Bertz CT molecular complexity index is 510. The molecule has 0 aromatic heterocycles. The molecule has 1 aliphatic heterocycles. The molecule has 1 fully saturated rings. The van der Waals surface area contributed by atoms with E-state index in [0.717, 1.165) is 0 Å². The van der Waals surface area contributed by atoms with E-state index < -0.39 is 11.9 Å². The van der Waals surface area contributed by atoms with Gasteiger partial charge in [0.15, 0.2) is 0 Å². The van der Waals surface area contributed by atoms with Gasteiger partial charge < -0.3 is 10.0 Å². The standard InChI is InChI=1S/C12H11BrClNO3.ClH/c13-10-2-1-8(14)5-9(10)11(16)15-4-3-7(6-15)12(17)18;/h1-2,5,7H,3-4,6H2,(H,17,18);1H. The predicted molar refractivity (Wildman–Crippen MR) is 78.0 cm³/mol. The number of amides is 1. The van der Waals surface area contributed by atoms with Crippen molar-refractivity contribution in [1.29, 1.82) is 0 Å². The molecule has 0 bridgehead atoms. The highest BCUT2D eigenvalue weighted by Crippen LogP contribution is 2.25. The lowest BCUT2D eigenvalue weighted by Gasteiger charge is -2.16. The fourth-order valence-electron chi connectivity index (χ4n) is 1.98. The van der Waals surface area contributed by atoms with Gasteiger partial charge in [0.1, 0.15) is 0 Å². The second-order valence-corrected chi connectivity index (χ2v) is 5.49. The molecule has 4 nitrogen and oxygen atoms in total. The van der Waals surface area contributed by atoms with Crippen LogP contribution in [-0.4, -0.2) is 35.0 Å². The summed E-state index contributed by atoms with van der Waals surface area (Å²) in [7, 11) is 0. The molecule has 1 atom stereocenters. The molecule has 1 heterocycles. The number of benzene rings is 1. The molecule has 0 radical (unpaired) electrons. The number of aliphatic carboxylic acids is 1. The van der Waals surface area contributed by atoms with Gasteiger partial charge in [-0.15, -0.1) is 12.4 Å². The highest BCUT2D eigenvalue weighted by Gasteiger charge is 2.31. The van der Waals surface area contributed by atoms with Crippen LogP contribution in [0.3, 0.4) is 0 Å². The Kier molecular flexibility index (Phi) is 5.64. The predicted octanol–water partition coefficient (Wildman–Crippen LogP) is 3.07.